The molecule has 1 aliphatic heterocycles. The third-order valence-electron chi connectivity index (χ3n) is 2.25. The summed E-state index contributed by atoms with van der Waals surface area (Å²) in [4.78, 5) is 1.39. The molecule has 0 aromatic heterocycles. The number of benzene rings is 1. The van der Waals surface area contributed by atoms with Crippen LogP contribution in [0.1, 0.15) is 0 Å². The maximum absolute atomic E-state index is 9.51. The van der Waals surface area contributed by atoms with Crippen molar-refractivity contribution in [3.63, 3.8) is 0 Å². The maximum atomic E-state index is 9.51. The lowest BCUT2D eigenvalue weighted by atomic mass is 9.79. The van der Waals surface area contributed by atoms with Crippen molar-refractivity contribution < 1.29 is 24.6 Å². The van der Waals surface area contributed by atoms with E-state index in [0.29, 0.717) is 5.46 Å². The Labute approximate surface area is 104 Å². The summed E-state index contributed by atoms with van der Waals surface area (Å²) in [6, 6.07) is 6.03. The second-order valence-electron chi connectivity index (χ2n) is 3.76. The second-order valence-corrected chi connectivity index (χ2v) is 3.76. The fraction of sp³-hybridized carbons (Fsp3) is 0.0909. The van der Waals surface area contributed by atoms with Gasteiger partial charge in [0.1, 0.15) is 5.75 Å². The Morgan fingerprint density at radius 3 is 1.94 bits per heavy atom. The first-order chi connectivity index (χ1) is 8.54. The molecule has 0 aliphatic carbocycles. The van der Waals surface area contributed by atoms with E-state index < -0.39 is 7.12 Å². The number of nitrogens with zero attached hydrogens (tertiary/aromatic N) is 1. The predicted molar refractivity (Wildman–Crippen MR) is 64.9 cm³/mol. The van der Waals surface area contributed by atoms with Crippen LogP contribution in [0.3, 0.4) is 0 Å². The van der Waals surface area contributed by atoms with Crippen LogP contribution in [0.2, 0.25) is 0 Å². The summed E-state index contributed by atoms with van der Waals surface area (Å²) in [5.74, 6) is -0.595. The molecular weight excluding hydrogens is 237 g/mol. The van der Waals surface area contributed by atoms with E-state index in [2.05, 4.69) is 0 Å². The molecule has 0 saturated carbocycles. The van der Waals surface area contributed by atoms with Crippen molar-refractivity contribution in [3.8, 4) is 5.75 Å². The maximum Gasteiger partial charge on any atom is 0.636 e. The molecule has 0 fully saturated rings. The number of aliphatic hydroxyl groups is 2. The van der Waals surface area contributed by atoms with Gasteiger partial charge in [0.15, 0.2) is 0 Å². The first kappa shape index (κ1) is 12.0. The van der Waals surface area contributed by atoms with Gasteiger partial charge in [-0.15, -0.1) is 0 Å². The van der Waals surface area contributed by atoms with Crippen LogP contribution in [0, 0.1) is 0 Å². The van der Waals surface area contributed by atoms with Gasteiger partial charge < -0.3 is 29.5 Å². The molecule has 0 atom stereocenters. The molecule has 2 rings (SSSR count). The van der Waals surface area contributed by atoms with E-state index in [0.717, 1.165) is 0 Å². The average Bonchev–Trinajstić information content (AvgIpc) is 2.26. The Bertz CT molecular complexity index is 463. The lowest BCUT2D eigenvalue weighted by Gasteiger charge is -2.20. The molecule has 0 unspecified atom stereocenters. The number of hydrogen-bond donors (Lipinski definition) is 3. The van der Waals surface area contributed by atoms with Crippen LogP contribution in [-0.2, 0) is 9.31 Å². The van der Waals surface area contributed by atoms with E-state index in [1.54, 1.807) is 19.2 Å². The molecule has 1 aliphatic rings. The smallest absolute Gasteiger partial charge is 0.508 e. The predicted octanol–water partition coefficient (Wildman–Crippen LogP) is 0.780. The zero-order valence-corrected chi connectivity index (χ0v) is 9.65. The van der Waals surface area contributed by atoms with Crippen molar-refractivity contribution >= 4 is 12.6 Å². The zero-order valence-electron chi connectivity index (χ0n) is 9.65. The quantitative estimate of drug-likeness (QED) is 0.638. The minimum atomic E-state index is -0.994. The van der Waals surface area contributed by atoms with Crippen LogP contribution < -0.4 is 5.46 Å². The van der Waals surface area contributed by atoms with Crippen molar-refractivity contribution in [1.29, 1.82) is 0 Å². The molecule has 0 bridgehead atoms. The highest BCUT2D eigenvalue weighted by Crippen LogP contribution is 2.11. The Morgan fingerprint density at radius 2 is 1.44 bits per heavy atom. The Morgan fingerprint density at radius 1 is 0.944 bits per heavy atom. The van der Waals surface area contributed by atoms with Crippen molar-refractivity contribution in [3.05, 3.63) is 48.6 Å². The molecule has 0 saturated heterocycles. The van der Waals surface area contributed by atoms with Gasteiger partial charge in [-0.05, 0) is 12.1 Å². The topological polar surface area (TPSA) is 82.4 Å². The van der Waals surface area contributed by atoms with Gasteiger partial charge in [-0.2, -0.15) is 0 Å². The monoisotopic (exact) mass is 249 g/mol. The second kappa shape index (κ2) is 4.83. The molecule has 0 amide bonds. The van der Waals surface area contributed by atoms with Gasteiger partial charge >= 0.3 is 7.12 Å². The molecule has 18 heavy (non-hydrogen) atoms. The SMILES string of the molecule is CN1C=C(O)OB(c2ccc(O)cc2)OC(O)=C1. The van der Waals surface area contributed by atoms with Gasteiger partial charge in [0.2, 0.25) is 0 Å². The minimum absolute atomic E-state index is 0.101. The van der Waals surface area contributed by atoms with Crippen molar-refractivity contribution in [2.24, 2.45) is 0 Å². The third kappa shape index (κ3) is 2.82. The molecule has 0 radical (unpaired) electrons. The van der Waals surface area contributed by atoms with E-state index in [4.69, 9.17) is 9.31 Å². The summed E-state index contributed by atoms with van der Waals surface area (Å²) < 4.78 is 10.3. The molecule has 0 spiro atoms. The molecule has 1 aromatic carbocycles. The van der Waals surface area contributed by atoms with Gasteiger partial charge in [0, 0.05) is 12.5 Å². The lowest BCUT2D eigenvalue weighted by Crippen LogP contribution is -2.37. The van der Waals surface area contributed by atoms with Gasteiger partial charge in [-0.25, -0.2) is 0 Å². The Balaban J connectivity index is 2.26. The van der Waals surface area contributed by atoms with Crippen LogP contribution in [0.5, 0.6) is 5.75 Å². The van der Waals surface area contributed by atoms with Crippen LogP contribution in [0.4, 0.5) is 0 Å². The van der Waals surface area contributed by atoms with E-state index in [1.165, 1.54) is 29.4 Å². The number of rotatable bonds is 1. The van der Waals surface area contributed by atoms with E-state index >= 15 is 0 Å². The van der Waals surface area contributed by atoms with Crippen molar-refractivity contribution in [2.75, 3.05) is 7.05 Å². The number of aliphatic hydroxyl groups excluding tert-OH is 2. The fourth-order valence-corrected chi connectivity index (χ4v) is 1.46. The molecule has 7 heteroatoms. The van der Waals surface area contributed by atoms with Crippen LogP contribution >= 0.6 is 0 Å². The van der Waals surface area contributed by atoms with Crippen LogP contribution in [0.15, 0.2) is 48.6 Å². The van der Waals surface area contributed by atoms with Gasteiger partial charge in [0.25, 0.3) is 11.9 Å². The normalized spacial score (nSPS) is 15.8. The Hall–Kier alpha value is -2.44. The first-order valence-corrected chi connectivity index (χ1v) is 5.20. The van der Waals surface area contributed by atoms with E-state index in [9.17, 15) is 15.3 Å². The molecule has 3 N–H and O–H groups in total. The summed E-state index contributed by atoms with van der Waals surface area (Å²) in [5, 5.41) is 28.2. The highest BCUT2D eigenvalue weighted by molar-refractivity contribution is 6.61. The number of aromatic hydroxyl groups is 1. The lowest BCUT2D eigenvalue weighted by molar-refractivity contribution is 0.124. The molecular formula is C11H12BNO5. The zero-order chi connectivity index (χ0) is 13.1. The minimum Gasteiger partial charge on any atom is -0.508 e. The fourth-order valence-electron chi connectivity index (χ4n) is 1.46. The third-order valence-corrected chi connectivity index (χ3v) is 2.25. The van der Waals surface area contributed by atoms with Gasteiger partial charge in [0.05, 0.1) is 12.4 Å². The molecule has 1 heterocycles. The summed E-state index contributed by atoms with van der Waals surface area (Å²) >= 11 is 0. The average molecular weight is 249 g/mol. The van der Waals surface area contributed by atoms with Gasteiger partial charge in [-0.3, -0.25) is 0 Å². The Kier molecular flexibility index (Phi) is 3.23. The summed E-state index contributed by atoms with van der Waals surface area (Å²) in [6.45, 7) is 0. The largest absolute Gasteiger partial charge is 0.636 e. The van der Waals surface area contributed by atoms with E-state index in [1.807, 2.05) is 0 Å². The number of phenolic OH excluding ortho intramolecular Hbond substituents is 1. The molecule has 1 aromatic rings. The standard InChI is InChI=1S/C11H12BNO5/c1-13-6-10(15)17-12(18-11(16)7-13)8-2-4-9(14)5-3-8/h2-7,14-16H,1H3. The number of phenols is 1. The van der Waals surface area contributed by atoms with Crippen molar-refractivity contribution in [1.82, 2.24) is 4.90 Å². The van der Waals surface area contributed by atoms with Gasteiger partial charge in [-0.1, -0.05) is 12.1 Å². The van der Waals surface area contributed by atoms with E-state index in [-0.39, 0.29) is 17.6 Å². The highest BCUT2D eigenvalue weighted by Gasteiger charge is 2.29. The number of hydrogen-bond acceptors (Lipinski definition) is 6. The van der Waals surface area contributed by atoms with Crippen LogP contribution in [0.25, 0.3) is 0 Å². The highest BCUT2D eigenvalue weighted by atomic mass is 16.7. The molecule has 94 valence electrons. The molecule has 6 nitrogen and oxygen atoms in total. The van der Waals surface area contributed by atoms with Crippen LogP contribution in [-0.4, -0.2) is 34.4 Å². The summed E-state index contributed by atoms with van der Waals surface area (Å²) in [7, 11) is 0.604. The summed E-state index contributed by atoms with van der Waals surface area (Å²) in [5.41, 5.74) is 0.539. The first-order valence-electron chi connectivity index (χ1n) is 5.20. The summed E-state index contributed by atoms with van der Waals surface area (Å²) in [6.07, 6.45) is 2.57. The van der Waals surface area contributed by atoms with Crippen molar-refractivity contribution in [2.45, 2.75) is 0 Å².